The molecule has 1 saturated carbocycles. The quantitative estimate of drug-likeness (QED) is 0.777. The van der Waals surface area contributed by atoms with Crippen LogP contribution in [0.2, 0.25) is 0 Å². The van der Waals surface area contributed by atoms with Gasteiger partial charge in [-0.1, -0.05) is 33.1 Å². The van der Waals surface area contributed by atoms with Crippen molar-refractivity contribution in [3.63, 3.8) is 0 Å². The molecule has 1 heterocycles. The molecular weight excluding hydrogens is 248 g/mol. The highest BCUT2D eigenvalue weighted by Gasteiger charge is 2.25. The predicted octanol–water partition coefficient (Wildman–Crippen LogP) is 3.05. The minimum Gasteiger partial charge on any atom is -0.377 e. The summed E-state index contributed by atoms with van der Waals surface area (Å²) in [7, 11) is 0. The molecule has 2 atom stereocenters. The van der Waals surface area contributed by atoms with Crippen molar-refractivity contribution in [2.24, 2.45) is 5.92 Å². The van der Waals surface area contributed by atoms with Gasteiger partial charge in [0.05, 0.1) is 12.7 Å². The predicted molar refractivity (Wildman–Crippen MR) is 85.1 cm³/mol. The number of piperidine rings is 1. The van der Waals surface area contributed by atoms with E-state index < -0.39 is 0 Å². The number of nitrogens with zero attached hydrogens (tertiary/aromatic N) is 1. The van der Waals surface area contributed by atoms with Gasteiger partial charge in [-0.2, -0.15) is 0 Å². The van der Waals surface area contributed by atoms with Crippen LogP contribution in [-0.2, 0) is 4.74 Å². The molecule has 0 spiro atoms. The molecule has 0 radical (unpaired) electrons. The van der Waals surface area contributed by atoms with Gasteiger partial charge in [0.25, 0.3) is 0 Å². The molecule has 3 nitrogen and oxygen atoms in total. The first-order valence-electron chi connectivity index (χ1n) is 8.87. The van der Waals surface area contributed by atoms with Crippen LogP contribution in [0.4, 0.5) is 0 Å². The summed E-state index contributed by atoms with van der Waals surface area (Å²) >= 11 is 0. The summed E-state index contributed by atoms with van der Waals surface area (Å²) in [6, 6.07) is 0.727. The van der Waals surface area contributed by atoms with Crippen LogP contribution in [0, 0.1) is 5.92 Å². The Morgan fingerprint density at radius 3 is 2.65 bits per heavy atom. The summed E-state index contributed by atoms with van der Waals surface area (Å²) < 4.78 is 6.06. The first kappa shape index (κ1) is 16.3. The highest BCUT2D eigenvalue weighted by molar-refractivity contribution is 4.82. The standard InChI is InChI=1S/C17H34N2O/c1-3-10-18-17-9-11-19(14-15(17)2)12-13-20-16-7-5-4-6-8-16/h15-18H,3-14H2,1-2H3. The lowest BCUT2D eigenvalue weighted by Gasteiger charge is -2.37. The van der Waals surface area contributed by atoms with Gasteiger partial charge in [-0.3, -0.25) is 0 Å². The van der Waals surface area contributed by atoms with Gasteiger partial charge < -0.3 is 15.0 Å². The average Bonchev–Trinajstić information content (AvgIpc) is 2.47. The van der Waals surface area contributed by atoms with E-state index in [0.29, 0.717) is 6.10 Å². The molecule has 2 unspecified atom stereocenters. The fourth-order valence-corrected chi connectivity index (χ4v) is 3.65. The molecule has 1 aliphatic heterocycles. The van der Waals surface area contributed by atoms with Crippen molar-refractivity contribution in [2.75, 3.05) is 32.8 Å². The van der Waals surface area contributed by atoms with Gasteiger partial charge in [0.15, 0.2) is 0 Å². The number of hydrogen-bond acceptors (Lipinski definition) is 3. The van der Waals surface area contributed by atoms with Crippen molar-refractivity contribution in [3.8, 4) is 0 Å². The van der Waals surface area contributed by atoms with Crippen molar-refractivity contribution in [1.82, 2.24) is 10.2 Å². The van der Waals surface area contributed by atoms with Crippen LogP contribution >= 0.6 is 0 Å². The Labute approximate surface area is 125 Å². The highest BCUT2D eigenvalue weighted by atomic mass is 16.5. The second kappa shape index (κ2) is 9.01. The Balaban J connectivity index is 1.58. The van der Waals surface area contributed by atoms with E-state index in [4.69, 9.17) is 4.74 Å². The third kappa shape index (κ3) is 5.34. The Morgan fingerprint density at radius 1 is 1.15 bits per heavy atom. The van der Waals surface area contributed by atoms with E-state index in [2.05, 4.69) is 24.1 Å². The minimum absolute atomic E-state index is 0.560. The van der Waals surface area contributed by atoms with Gasteiger partial charge in [-0.15, -0.1) is 0 Å². The fourth-order valence-electron chi connectivity index (χ4n) is 3.65. The van der Waals surface area contributed by atoms with Crippen LogP contribution < -0.4 is 5.32 Å². The Bertz CT molecular complexity index is 253. The molecule has 2 fully saturated rings. The van der Waals surface area contributed by atoms with Crippen LogP contribution in [0.1, 0.15) is 58.8 Å². The zero-order valence-corrected chi connectivity index (χ0v) is 13.6. The largest absolute Gasteiger partial charge is 0.377 e. The minimum atomic E-state index is 0.560. The molecule has 1 aliphatic carbocycles. The normalized spacial score (nSPS) is 29.7. The maximum absolute atomic E-state index is 6.06. The summed E-state index contributed by atoms with van der Waals surface area (Å²) in [5, 5.41) is 3.69. The van der Waals surface area contributed by atoms with E-state index >= 15 is 0 Å². The molecule has 118 valence electrons. The lowest BCUT2D eigenvalue weighted by molar-refractivity contribution is 0.00915. The van der Waals surface area contributed by atoms with Gasteiger partial charge >= 0.3 is 0 Å². The van der Waals surface area contributed by atoms with E-state index in [1.54, 1.807) is 0 Å². The van der Waals surface area contributed by atoms with Crippen molar-refractivity contribution < 1.29 is 4.74 Å². The maximum Gasteiger partial charge on any atom is 0.0597 e. The molecule has 0 aromatic rings. The monoisotopic (exact) mass is 282 g/mol. The van der Waals surface area contributed by atoms with Crippen LogP contribution in [-0.4, -0.2) is 49.8 Å². The van der Waals surface area contributed by atoms with E-state index in [1.807, 2.05) is 0 Å². The molecule has 0 amide bonds. The molecule has 2 rings (SSSR count). The van der Waals surface area contributed by atoms with Crippen molar-refractivity contribution in [2.45, 2.75) is 70.9 Å². The van der Waals surface area contributed by atoms with Crippen LogP contribution in [0.25, 0.3) is 0 Å². The number of likely N-dealkylation sites (tertiary alicyclic amines) is 1. The number of hydrogen-bond donors (Lipinski definition) is 1. The summed E-state index contributed by atoms with van der Waals surface area (Å²) in [5.41, 5.74) is 0. The van der Waals surface area contributed by atoms with Crippen LogP contribution in [0.5, 0.6) is 0 Å². The molecule has 1 saturated heterocycles. The lowest BCUT2D eigenvalue weighted by Crippen LogP contribution is -2.49. The van der Waals surface area contributed by atoms with Crippen molar-refractivity contribution in [3.05, 3.63) is 0 Å². The number of nitrogens with one attached hydrogen (secondary N) is 1. The summed E-state index contributed by atoms with van der Waals surface area (Å²) in [4.78, 5) is 2.59. The summed E-state index contributed by atoms with van der Waals surface area (Å²) in [6.45, 7) is 10.3. The highest BCUT2D eigenvalue weighted by Crippen LogP contribution is 2.21. The van der Waals surface area contributed by atoms with Gasteiger partial charge in [0, 0.05) is 19.1 Å². The Morgan fingerprint density at radius 2 is 1.95 bits per heavy atom. The molecular formula is C17H34N2O. The number of rotatable bonds is 7. The topological polar surface area (TPSA) is 24.5 Å². The fraction of sp³-hybridized carbons (Fsp3) is 1.00. The molecule has 0 bridgehead atoms. The second-order valence-electron chi connectivity index (χ2n) is 6.76. The molecule has 0 aromatic carbocycles. The molecule has 0 aromatic heterocycles. The first-order valence-corrected chi connectivity index (χ1v) is 8.87. The summed E-state index contributed by atoms with van der Waals surface area (Å²) in [5.74, 6) is 0.769. The third-order valence-electron chi connectivity index (χ3n) is 4.96. The zero-order valence-electron chi connectivity index (χ0n) is 13.6. The number of ether oxygens (including phenoxy) is 1. The van der Waals surface area contributed by atoms with Crippen molar-refractivity contribution in [1.29, 1.82) is 0 Å². The Kier molecular flexibility index (Phi) is 7.32. The van der Waals surface area contributed by atoms with Gasteiger partial charge in [0.2, 0.25) is 0 Å². The molecule has 2 aliphatic rings. The van der Waals surface area contributed by atoms with Crippen LogP contribution in [0.3, 0.4) is 0 Å². The Hall–Kier alpha value is -0.120. The van der Waals surface area contributed by atoms with E-state index in [-0.39, 0.29) is 0 Å². The summed E-state index contributed by atoms with van der Waals surface area (Å²) in [6.07, 6.45) is 9.83. The average molecular weight is 282 g/mol. The first-order chi connectivity index (χ1) is 9.79. The van der Waals surface area contributed by atoms with E-state index in [9.17, 15) is 0 Å². The zero-order chi connectivity index (χ0) is 14.2. The molecule has 1 N–H and O–H groups in total. The second-order valence-corrected chi connectivity index (χ2v) is 6.76. The molecule has 20 heavy (non-hydrogen) atoms. The van der Waals surface area contributed by atoms with Gasteiger partial charge in [-0.25, -0.2) is 0 Å². The SMILES string of the molecule is CCCNC1CCN(CCOC2CCCCC2)CC1C. The van der Waals surface area contributed by atoms with E-state index in [0.717, 1.165) is 25.1 Å². The third-order valence-corrected chi connectivity index (χ3v) is 4.96. The van der Waals surface area contributed by atoms with Crippen molar-refractivity contribution >= 4 is 0 Å². The molecule has 3 heteroatoms. The van der Waals surface area contributed by atoms with E-state index in [1.165, 1.54) is 64.6 Å². The smallest absolute Gasteiger partial charge is 0.0597 e. The lowest BCUT2D eigenvalue weighted by atomic mass is 9.94. The van der Waals surface area contributed by atoms with Gasteiger partial charge in [-0.05, 0) is 44.7 Å². The van der Waals surface area contributed by atoms with Crippen LogP contribution in [0.15, 0.2) is 0 Å². The van der Waals surface area contributed by atoms with Gasteiger partial charge in [0.1, 0.15) is 0 Å². The maximum atomic E-state index is 6.06.